The van der Waals surface area contributed by atoms with Crippen molar-refractivity contribution in [3.05, 3.63) is 59.5 Å². The maximum absolute atomic E-state index is 12.5. The largest absolute Gasteiger partial charge is 0.378 e. The van der Waals surface area contributed by atoms with Crippen LogP contribution in [0.25, 0.3) is 5.65 Å². The molecule has 2 heterocycles. The first-order valence-corrected chi connectivity index (χ1v) is 8.06. The summed E-state index contributed by atoms with van der Waals surface area (Å²) in [5.41, 5.74) is 5.50. The number of pyridine rings is 1. The van der Waals surface area contributed by atoms with E-state index in [2.05, 4.69) is 17.2 Å². The summed E-state index contributed by atoms with van der Waals surface area (Å²) in [5, 5.41) is 2.94. The lowest BCUT2D eigenvalue weighted by Crippen LogP contribution is -2.13. The second-order valence-corrected chi connectivity index (χ2v) is 6.04. The van der Waals surface area contributed by atoms with Crippen molar-refractivity contribution in [2.75, 3.05) is 24.3 Å². The fourth-order valence-electron chi connectivity index (χ4n) is 2.73. The minimum absolute atomic E-state index is 0.124. The van der Waals surface area contributed by atoms with Gasteiger partial charge in [-0.2, -0.15) is 0 Å². The number of aryl methyl sites for hydroxylation is 2. The number of aromatic nitrogens is 2. The Balaban J connectivity index is 1.84. The number of carbonyl (C=O) groups excluding carboxylic acids is 1. The second-order valence-electron chi connectivity index (χ2n) is 6.04. The molecule has 24 heavy (non-hydrogen) atoms. The standard InChI is InChI=1S/C19H22N4O/c1-5-17-13(2)23-12-14(6-11-18(23)21-17)19(24)20-15-7-9-16(10-8-15)22(3)4/h6-12H,5H2,1-4H3,(H,20,24). The molecule has 1 N–H and O–H groups in total. The van der Waals surface area contributed by atoms with Gasteiger partial charge in [-0.15, -0.1) is 0 Å². The highest BCUT2D eigenvalue weighted by Gasteiger charge is 2.11. The highest BCUT2D eigenvalue weighted by molar-refractivity contribution is 6.04. The van der Waals surface area contributed by atoms with Crippen LogP contribution >= 0.6 is 0 Å². The highest BCUT2D eigenvalue weighted by Crippen LogP contribution is 2.18. The summed E-state index contributed by atoms with van der Waals surface area (Å²) in [5.74, 6) is -0.124. The quantitative estimate of drug-likeness (QED) is 0.799. The van der Waals surface area contributed by atoms with E-state index in [1.807, 2.05) is 72.9 Å². The number of anilines is 2. The first kappa shape index (κ1) is 16.1. The zero-order valence-corrected chi connectivity index (χ0v) is 14.5. The summed E-state index contributed by atoms with van der Waals surface area (Å²) < 4.78 is 1.98. The molecule has 5 nitrogen and oxygen atoms in total. The third-order valence-corrected chi connectivity index (χ3v) is 4.19. The minimum Gasteiger partial charge on any atom is -0.378 e. The fourth-order valence-corrected chi connectivity index (χ4v) is 2.73. The molecule has 124 valence electrons. The molecular weight excluding hydrogens is 300 g/mol. The molecule has 5 heteroatoms. The molecular formula is C19H22N4O. The monoisotopic (exact) mass is 322 g/mol. The summed E-state index contributed by atoms with van der Waals surface area (Å²) in [6.45, 7) is 4.11. The number of benzene rings is 1. The van der Waals surface area contributed by atoms with E-state index in [9.17, 15) is 4.79 Å². The van der Waals surface area contributed by atoms with Gasteiger partial charge in [0.2, 0.25) is 0 Å². The molecule has 0 unspecified atom stereocenters. The average Bonchev–Trinajstić information content (AvgIpc) is 2.91. The molecule has 1 aromatic carbocycles. The van der Waals surface area contributed by atoms with Crippen molar-refractivity contribution in [3.63, 3.8) is 0 Å². The Morgan fingerprint density at radius 1 is 1.17 bits per heavy atom. The molecule has 0 fully saturated rings. The smallest absolute Gasteiger partial charge is 0.257 e. The van der Waals surface area contributed by atoms with Gasteiger partial charge >= 0.3 is 0 Å². The van der Waals surface area contributed by atoms with Gasteiger partial charge in [0.1, 0.15) is 5.65 Å². The van der Waals surface area contributed by atoms with Gasteiger partial charge < -0.3 is 14.6 Å². The van der Waals surface area contributed by atoms with E-state index in [1.54, 1.807) is 0 Å². The van der Waals surface area contributed by atoms with E-state index in [1.165, 1.54) is 0 Å². The summed E-state index contributed by atoms with van der Waals surface area (Å²) in [6, 6.07) is 11.5. The first-order valence-electron chi connectivity index (χ1n) is 8.06. The van der Waals surface area contributed by atoms with Crippen molar-refractivity contribution < 1.29 is 4.79 Å². The Hall–Kier alpha value is -2.82. The summed E-state index contributed by atoms with van der Waals surface area (Å²) in [7, 11) is 3.97. The molecule has 0 saturated heterocycles. The van der Waals surface area contributed by atoms with E-state index in [0.717, 1.165) is 34.8 Å². The van der Waals surface area contributed by atoms with Gasteiger partial charge in [0.05, 0.1) is 11.3 Å². The Labute approximate surface area is 141 Å². The van der Waals surface area contributed by atoms with Crippen molar-refractivity contribution in [3.8, 4) is 0 Å². The van der Waals surface area contributed by atoms with Crippen molar-refractivity contribution in [2.24, 2.45) is 0 Å². The van der Waals surface area contributed by atoms with Crippen molar-refractivity contribution in [2.45, 2.75) is 20.3 Å². The van der Waals surface area contributed by atoms with Gasteiger partial charge in [0.15, 0.2) is 0 Å². The third kappa shape index (κ3) is 2.97. The van der Waals surface area contributed by atoms with Crippen LogP contribution in [-0.2, 0) is 6.42 Å². The van der Waals surface area contributed by atoms with Crippen LogP contribution in [-0.4, -0.2) is 29.4 Å². The Bertz CT molecular complexity index is 878. The molecule has 1 amide bonds. The SMILES string of the molecule is CCc1nc2ccc(C(=O)Nc3ccc(N(C)C)cc3)cn2c1C. The van der Waals surface area contributed by atoms with Gasteiger partial charge in [0, 0.05) is 37.4 Å². The number of carbonyl (C=O) groups is 1. The highest BCUT2D eigenvalue weighted by atomic mass is 16.1. The van der Waals surface area contributed by atoms with Gasteiger partial charge in [-0.05, 0) is 49.7 Å². The number of hydrogen-bond acceptors (Lipinski definition) is 3. The predicted octanol–water partition coefficient (Wildman–Crippen LogP) is 3.52. The Morgan fingerprint density at radius 3 is 2.50 bits per heavy atom. The van der Waals surface area contributed by atoms with E-state index in [-0.39, 0.29) is 5.91 Å². The molecule has 0 radical (unpaired) electrons. The zero-order chi connectivity index (χ0) is 17.3. The Kier molecular flexibility index (Phi) is 4.25. The number of nitrogens with zero attached hydrogens (tertiary/aromatic N) is 3. The molecule has 0 saturated carbocycles. The van der Waals surface area contributed by atoms with Crippen LogP contribution in [0.3, 0.4) is 0 Å². The first-order chi connectivity index (χ1) is 11.5. The van der Waals surface area contributed by atoms with Crippen LogP contribution < -0.4 is 10.2 Å². The molecule has 3 aromatic rings. The topological polar surface area (TPSA) is 49.6 Å². The summed E-state index contributed by atoms with van der Waals surface area (Å²) in [4.78, 5) is 19.1. The van der Waals surface area contributed by atoms with Crippen LogP contribution in [0.1, 0.15) is 28.7 Å². The van der Waals surface area contributed by atoms with Gasteiger partial charge in [0.25, 0.3) is 5.91 Å². The molecule has 0 spiro atoms. The fraction of sp³-hybridized carbons (Fsp3) is 0.263. The van der Waals surface area contributed by atoms with E-state index in [0.29, 0.717) is 5.56 Å². The normalized spacial score (nSPS) is 10.8. The summed E-state index contributed by atoms with van der Waals surface area (Å²) >= 11 is 0. The lowest BCUT2D eigenvalue weighted by molar-refractivity contribution is 0.102. The maximum atomic E-state index is 12.5. The maximum Gasteiger partial charge on any atom is 0.257 e. The predicted molar refractivity (Wildman–Crippen MR) is 98.0 cm³/mol. The lowest BCUT2D eigenvalue weighted by Gasteiger charge is -2.13. The van der Waals surface area contributed by atoms with E-state index < -0.39 is 0 Å². The third-order valence-electron chi connectivity index (χ3n) is 4.19. The molecule has 0 aliphatic carbocycles. The number of nitrogens with one attached hydrogen (secondary N) is 1. The van der Waals surface area contributed by atoms with Crippen molar-refractivity contribution in [1.29, 1.82) is 0 Å². The lowest BCUT2D eigenvalue weighted by atomic mass is 10.2. The minimum atomic E-state index is -0.124. The molecule has 0 aliphatic heterocycles. The number of fused-ring (bicyclic) bond motifs is 1. The number of imidazole rings is 1. The van der Waals surface area contributed by atoms with Crippen LogP contribution in [0.5, 0.6) is 0 Å². The molecule has 3 rings (SSSR count). The summed E-state index contributed by atoms with van der Waals surface area (Å²) in [6.07, 6.45) is 2.73. The number of amides is 1. The molecule has 0 bridgehead atoms. The van der Waals surface area contributed by atoms with Crippen molar-refractivity contribution in [1.82, 2.24) is 9.38 Å². The molecule has 0 atom stereocenters. The molecule has 0 aliphatic rings. The van der Waals surface area contributed by atoms with Gasteiger partial charge in [-0.3, -0.25) is 4.79 Å². The number of hydrogen-bond donors (Lipinski definition) is 1. The Morgan fingerprint density at radius 2 is 1.88 bits per heavy atom. The van der Waals surface area contributed by atoms with E-state index >= 15 is 0 Å². The van der Waals surface area contributed by atoms with Crippen LogP contribution in [0, 0.1) is 6.92 Å². The van der Waals surface area contributed by atoms with Crippen LogP contribution in [0.4, 0.5) is 11.4 Å². The van der Waals surface area contributed by atoms with Crippen molar-refractivity contribution >= 4 is 22.9 Å². The second kappa shape index (κ2) is 6.35. The van der Waals surface area contributed by atoms with Crippen LogP contribution in [0.2, 0.25) is 0 Å². The number of rotatable bonds is 4. The van der Waals surface area contributed by atoms with Gasteiger partial charge in [-0.1, -0.05) is 6.92 Å². The molecule has 2 aromatic heterocycles. The van der Waals surface area contributed by atoms with Gasteiger partial charge in [-0.25, -0.2) is 4.98 Å². The zero-order valence-electron chi connectivity index (χ0n) is 14.5. The van der Waals surface area contributed by atoms with Crippen LogP contribution in [0.15, 0.2) is 42.6 Å². The average molecular weight is 322 g/mol. The van der Waals surface area contributed by atoms with E-state index in [4.69, 9.17) is 0 Å².